The number of carbonyl (C=O) groups excluding carboxylic acids is 1. The minimum absolute atomic E-state index is 0.0565. The number of aryl methyl sites for hydroxylation is 1. The normalized spacial score (nSPS) is 19.3. The van der Waals surface area contributed by atoms with Gasteiger partial charge in [0.2, 0.25) is 5.91 Å². The monoisotopic (exact) mass is 453 g/mol. The van der Waals surface area contributed by atoms with Gasteiger partial charge in [0.05, 0.1) is 12.6 Å². The molecule has 1 aliphatic heterocycles. The summed E-state index contributed by atoms with van der Waals surface area (Å²) in [5.41, 5.74) is 4.24. The van der Waals surface area contributed by atoms with E-state index in [0.717, 1.165) is 45.8 Å². The summed E-state index contributed by atoms with van der Waals surface area (Å²) in [5.74, 6) is 1.74. The van der Waals surface area contributed by atoms with E-state index in [1.54, 1.807) is 11.3 Å². The Morgan fingerprint density at radius 2 is 2.16 bits per heavy atom. The number of thiophene rings is 1. The van der Waals surface area contributed by atoms with Gasteiger partial charge in [-0.25, -0.2) is 0 Å². The summed E-state index contributed by atoms with van der Waals surface area (Å²) < 4.78 is 2.15. The molecule has 8 heteroatoms. The van der Waals surface area contributed by atoms with Crippen LogP contribution in [0.4, 0.5) is 0 Å². The molecule has 1 amide bonds. The second-order valence-electron chi connectivity index (χ2n) is 8.11. The molecule has 0 fully saturated rings. The van der Waals surface area contributed by atoms with Gasteiger partial charge in [-0.3, -0.25) is 14.7 Å². The average Bonchev–Trinajstić information content (AvgIpc) is 3.39. The molecular weight excluding hydrogens is 430 g/mol. The van der Waals surface area contributed by atoms with Crippen molar-refractivity contribution in [1.29, 1.82) is 0 Å². The molecule has 1 aromatic carbocycles. The Kier molecular flexibility index (Phi) is 5.20. The Morgan fingerprint density at radius 1 is 1.35 bits per heavy atom. The zero-order valence-electron chi connectivity index (χ0n) is 17.5. The Balaban J connectivity index is 1.60. The minimum Gasteiger partial charge on any atom is -0.330 e. The van der Waals surface area contributed by atoms with E-state index in [9.17, 15) is 4.79 Å². The van der Waals surface area contributed by atoms with E-state index < -0.39 is 0 Å². The molecule has 0 saturated heterocycles. The van der Waals surface area contributed by atoms with Crippen molar-refractivity contribution in [3.63, 3.8) is 0 Å². The maximum absolute atomic E-state index is 12.8. The van der Waals surface area contributed by atoms with E-state index in [0.29, 0.717) is 13.0 Å². The van der Waals surface area contributed by atoms with Crippen LogP contribution in [0.15, 0.2) is 36.5 Å². The quantitative estimate of drug-likeness (QED) is 0.619. The van der Waals surface area contributed by atoms with E-state index in [2.05, 4.69) is 38.0 Å². The van der Waals surface area contributed by atoms with Crippen molar-refractivity contribution >= 4 is 28.8 Å². The standard InChI is InChI=1S/C23H24ClN5OS/c1-4-12(2)26-22(30)14-9-16-18(10-14)31-23-20(16)21(15-7-5-6-8-17(15)24)25-11-19-28-27-13(3)29(19)23/h5-8,14,21,25H,2,4,9-11H2,1,3H3,(H,26,30)/t14-,21-/m0/s1. The van der Waals surface area contributed by atoms with E-state index in [-0.39, 0.29) is 17.9 Å². The maximum atomic E-state index is 12.8. The first-order valence-corrected chi connectivity index (χ1v) is 11.7. The fourth-order valence-electron chi connectivity index (χ4n) is 4.51. The number of nitrogens with one attached hydrogen (secondary N) is 2. The Morgan fingerprint density at radius 3 is 2.94 bits per heavy atom. The molecule has 0 unspecified atom stereocenters. The number of halogens is 1. The number of aromatic nitrogens is 3. The Labute approximate surface area is 190 Å². The fourth-order valence-corrected chi connectivity index (χ4v) is 6.27. The van der Waals surface area contributed by atoms with Gasteiger partial charge in [0.1, 0.15) is 10.8 Å². The third-order valence-corrected chi connectivity index (χ3v) is 7.76. The van der Waals surface area contributed by atoms with Crippen LogP contribution < -0.4 is 10.6 Å². The van der Waals surface area contributed by atoms with Crippen LogP contribution in [0.25, 0.3) is 5.00 Å². The van der Waals surface area contributed by atoms with Crippen molar-refractivity contribution in [2.24, 2.45) is 5.92 Å². The van der Waals surface area contributed by atoms with Gasteiger partial charge in [-0.2, -0.15) is 0 Å². The molecule has 0 bridgehead atoms. The van der Waals surface area contributed by atoms with Gasteiger partial charge in [0.25, 0.3) is 0 Å². The highest BCUT2D eigenvalue weighted by molar-refractivity contribution is 7.15. The molecule has 2 aliphatic rings. The minimum atomic E-state index is -0.0773. The van der Waals surface area contributed by atoms with Gasteiger partial charge in [0.15, 0.2) is 5.82 Å². The SMILES string of the molecule is C=C(CC)NC(=O)[C@@H]1Cc2sc3c(c2C1)[C@H](c1ccccc1Cl)NCc1nnc(C)n1-3. The lowest BCUT2D eigenvalue weighted by molar-refractivity contribution is -0.124. The fraction of sp³-hybridized carbons (Fsp3) is 0.348. The van der Waals surface area contributed by atoms with Gasteiger partial charge in [0, 0.05) is 27.1 Å². The summed E-state index contributed by atoms with van der Waals surface area (Å²) >= 11 is 8.37. The van der Waals surface area contributed by atoms with Crippen molar-refractivity contribution < 1.29 is 4.79 Å². The van der Waals surface area contributed by atoms with Crippen LogP contribution in [0.1, 0.15) is 52.6 Å². The lowest BCUT2D eigenvalue weighted by Gasteiger charge is -2.20. The van der Waals surface area contributed by atoms with Crippen LogP contribution in [0.3, 0.4) is 0 Å². The van der Waals surface area contributed by atoms with Gasteiger partial charge < -0.3 is 5.32 Å². The lowest BCUT2D eigenvalue weighted by atomic mass is 9.94. The topological polar surface area (TPSA) is 71.8 Å². The largest absolute Gasteiger partial charge is 0.330 e. The molecule has 3 heterocycles. The van der Waals surface area contributed by atoms with E-state index in [1.807, 2.05) is 32.0 Å². The first kappa shape index (κ1) is 20.4. The smallest absolute Gasteiger partial charge is 0.227 e. The van der Waals surface area contributed by atoms with Crippen molar-refractivity contribution in [2.75, 3.05) is 0 Å². The van der Waals surface area contributed by atoms with Crippen molar-refractivity contribution in [3.05, 3.63) is 74.8 Å². The van der Waals surface area contributed by atoms with Gasteiger partial charge in [-0.05, 0) is 43.4 Å². The number of nitrogens with zero attached hydrogens (tertiary/aromatic N) is 3. The number of fused-ring (bicyclic) bond motifs is 5. The molecule has 1 aliphatic carbocycles. The zero-order valence-corrected chi connectivity index (χ0v) is 19.1. The molecule has 0 radical (unpaired) electrons. The molecule has 3 aromatic rings. The maximum Gasteiger partial charge on any atom is 0.227 e. The molecule has 2 atom stereocenters. The molecule has 5 rings (SSSR count). The van der Waals surface area contributed by atoms with Crippen LogP contribution >= 0.6 is 22.9 Å². The predicted molar refractivity (Wildman–Crippen MR) is 123 cm³/mol. The number of amides is 1. The van der Waals surface area contributed by atoms with Crippen molar-refractivity contribution in [1.82, 2.24) is 25.4 Å². The summed E-state index contributed by atoms with van der Waals surface area (Å²) in [6.07, 6.45) is 2.19. The number of rotatable bonds is 4. The molecule has 31 heavy (non-hydrogen) atoms. The van der Waals surface area contributed by atoms with E-state index in [1.165, 1.54) is 16.0 Å². The van der Waals surface area contributed by atoms with E-state index >= 15 is 0 Å². The number of hydrogen-bond acceptors (Lipinski definition) is 5. The molecule has 0 spiro atoms. The number of carbonyl (C=O) groups is 1. The molecule has 6 nitrogen and oxygen atoms in total. The summed E-state index contributed by atoms with van der Waals surface area (Å²) in [6, 6.07) is 7.88. The Hall–Kier alpha value is -2.48. The average molecular weight is 454 g/mol. The number of benzene rings is 1. The van der Waals surface area contributed by atoms with Crippen molar-refractivity contribution in [3.8, 4) is 5.00 Å². The van der Waals surface area contributed by atoms with Crippen LogP contribution in [-0.4, -0.2) is 20.7 Å². The highest BCUT2D eigenvalue weighted by atomic mass is 35.5. The molecule has 2 N–H and O–H groups in total. The molecule has 160 valence electrons. The van der Waals surface area contributed by atoms with Crippen LogP contribution in [0, 0.1) is 12.8 Å². The third-order valence-electron chi connectivity index (χ3n) is 6.16. The van der Waals surface area contributed by atoms with Crippen LogP contribution in [-0.2, 0) is 24.2 Å². The van der Waals surface area contributed by atoms with Gasteiger partial charge >= 0.3 is 0 Å². The van der Waals surface area contributed by atoms with Crippen LogP contribution in [0.5, 0.6) is 0 Å². The highest BCUT2D eigenvalue weighted by Crippen LogP contribution is 2.46. The third kappa shape index (κ3) is 3.41. The van der Waals surface area contributed by atoms with Gasteiger partial charge in [-0.15, -0.1) is 21.5 Å². The summed E-state index contributed by atoms with van der Waals surface area (Å²) in [4.78, 5) is 14.1. The van der Waals surface area contributed by atoms with E-state index in [4.69, 9.17) is 11.6 Å². The second kappa shape index (κ2) is 7.89. The van der Waals surface area contributed by atoms with Crippen molar-refractivity contribution in [2.45, 2.75) is 45.7 Å². The molecule has 2 aromatic heterocycles. The summed E-state index contributed by atoms with van der Waals surface area (Å²) in [5, 5.41) is 17.2. The summed E-state index contributed by atoms with van der Waals surface area (Å²) in [7, 11) is 0. The second-order valence-corrected chi connectivity index (χ2v) is 9.60. The number of allylic oxidation sites excluding steroid dienone is 1. The zero-order chi connectivity index (χ0) is 21.7. The Bertz CT molecular complexity index is 1200. The van der Waals surface area contributed by atoms with Crippen LogP contribution in [0.2, 0.25) is 5.02 Å². The molecular formula is C23H24ClN5OS. The van der Waals surface area contributed by atoms with Gasteiger partial charge in [-0.1, -0.05) is 43.3 Å². The molecule has 0 saturated carbocycles. The first-order chi connectivity index (χ1) is 15.0. The summed E-state index contributed by atoms with van der Waals surface area (Å²) in [6.45, 7) is 8.49. The number of hydrogen-bond donors (Lipinski definition) is 2. The highest BCUT2D eigenvalue weighted by Gasteiger charge is 2.38. The predicted octanol–water partition coefficient (Wildman–Crippen LogP) is 4.24. The lowest BCUT2D eigenvalue weighted by Crippen LogP contribution is -2.30. The first-order valence-electron chi connectivity index (χ1n) is 10.5.